The Bertz CT molecular complexity index is 291. The van der Waals surface area contributed by atoms with Crippen LogP contribution in [0.15, 0.2) is 4.99 Å². The molecule has 1 saturated heterocycles. The monoisotopic (exact) mass is 412 g/mol. The maximum Gasteiger partial charge on any atom is 0.191 e. The molecule has 126 valence electrons. The molecule has 6 heteroatoms. The van der Waals surface area contributed by atoms with Gasteiger partial charge >= 0.3 is 0 Å². The van der Waals surface area contributed by atoms with Gasteiger partial charge in [-0.25, -0.2) is 0 Å². The van der Waals surface area contributed by atoms with Crippen LogP contribution < -0.4 is 10.6 Å². The van der Waals surface area contributed by atoms with E-state index in [1.807, 2.05) is 7.05 Å². The van der Waals surface area contributed by atoms with Gasteiger partial charge in [0.1, 0.15) is 0 Å². The number of guanidine groups is 1. The van der Waals surface area contributed by atoms with Gasteiger partial charge in [-0.2, -0.15) is 0 Å². The molecule has 1 rings (SSSR count). The zero-order chi connectivity index (χ0) is 14.8. The molecule has 0 aliphatic carbocycles. The number of hydrogen-bond donors (Lipinski definition) is 2. The van der Waals surface area contributed by atoms with Crippen molar-refractivity contribution in [3.8, 4) is 0 Å². The first-order chi connectivity index (χ1) is 9.64. The van der Waals surface area contributed by atoms with Gasteiger partial charge in [-0.3, -0.25) is 4.99 Å². The van der Waals surface area contributed by atoms with Crippen molar-refractivity contribution in [2.24, 2.45) is 4.99 Å². The van der Waals surface area contributed by atoms with Crippen LogP contribution in [0.4, 0.5) is 0 Å². The first kappa shape index (κ1) is 20.9. The number of hydrogen-bond acceptors (Lipinski definition) is 3. The van der Waals surface area contributed by atoms with Crippen LogP contribution >= 0.6 is 24.0 Å². The zero-order valence-corrected chi connectivity index (χ0v) is 16.4. The van der Waals surface area contributed by atoms with E-state index >= 15 is 0 Å². The predicted molar refractivity (Wildman–Crippen MR) is 101 cm³/mol. The number of aliphatic imine (C=N–C) groups is 1. The van der Waals surface area contributed by atoms with Gasteiger partial charge in [0.2, 0.25) is 0 Å². The molecule has 0 aromatic rings. The summed E-state index contributed by atoms with van der Waals surface area (Å²) in [4.78, 5) is 6.63. The summed E-state index contributed by atoms with van der Waals surface area (Å²) in [7, 11) is 6.15. The lowest BCUT2D eigenvalue weighted by molar-refractivity contribution is -0.00501. The topological polar surface area (TPSA) is 48.9 Å². The fourth-order valence-electron chi connectivity index (χ4n) is 2.58. The van der Waals surface area contributed by atoms with E-state index in [0.29, 0.717) is 0 Å². The number of ether oxygens (including phenoxy) is 1. The Labute approximate surface area is 147 Å². The van der Waals surface area contributed by atoms with Crippen LogP contribution in [0, 0.1) is 0 Å². The maximum absolute atomic E-state index is 5.50. The molecule has 0 atom stereocenters. The van der Waals surface area contributed by atoms with Gasteiger partial charge in [0.15, 0.2) is 5.96 Å². The molecule has 0 radical (unpaired) electrons. The second-order valence-electron chi connectivity index (χ2n) is 5.79. The molecule has 1 fully saturated rings. The molecule has 0 aromatic carbocycles. The van der Waals surface area contributed by atoms with Gasteiger partial charge < -0.3 is 20.3 Å². The molecule has 21 heavy (non-hydrogen) atoms. The van der Waals surface area contributed by atoms with E-state index in [-0.39, 0.29) is 29.5 Å². The fourth-order valence-corrected chi connectivity index (χ4v) is 2.58. The molecule has 0 amide bonds. The van der Waals surface area contributed by atoms with E-state index in [1.54, 1.807) is 0 Å². The van der Waals surface area contributed by atoms with Crippen molar-refractivity contribution in [2.45, 2.75) is 44.6 Å². The van der Waals surface area contributed by atoms with Crippen LogP contribution in [0.1, 0.15) is 39.0 Å². The summed E-state index contributed by atoms with van der Waals surface area (Å²) in [5.41, 5.74) is 0.180. The van der Waals surface area contributed by atoms with E-state index in [4.69, 9.17) is 4.74 Å². The second-order valence-corrected chi connectivity index (χ2v) is 5.79. The molecule has 2 N–H and O–H groups in total. The smallest absolute Gasteiger partial charge is 0.191 e. The first-order valence-electron chi connectivity index (χ1n) is 7.84. The summed E-state index contributed by atoms with van der Waals surface area (Å²) in [6.07, 6.45) is 5.85. The van der Waals surface area contributed by atoms with Crippen molar-refractivity contribution in [3.05, 3.63) is 0 Å². The number of unbranched alkanes of at least 4 members (excludes halogenated alkanes) is 2. The van der Waals surface area contributed by atoms with Crippen molar-refractivity contribution in [2.75, 3.05) is 47.4 Å². The largest absolute Gasteiger partial charge is 0.381 e. The van der Waals surface area contributed by atoms with E-state index in [2.05, 4.69) is 41.5 Å². The summed E-state index contributed by atoms with van der Waals surface area (Å²) in [5.74, 6) is 0.911. The highest BCUT2D eigenvalue weighted by atomic mass is 127. The van der Waals surface area contributed by atoms with Crippen molar-refractivity contribution in [1.29, 1.82) is 0 Å². The van der Waals surface area contributed by atoms with Crippen LogP contribution in [0.3, 0.4) is 0 Å². The minimum Gasteiger partial charge on any atom is -0.381 e. The third-order valence-corrected chi connectivity index (χ3v) is 4.25. The second kappa shape index (κ2) is 11.5. The van der Waals surface area contributed by atoms with E-state index in [0.717, 1.165) is 45.1 Å². The SMILES string of the molecule is CCCCCNC(=NC)NCC1(N(C)C)CCOCC1.I. The van der Waals surface area contributed by atoms with E-state index < -0.39 is 0 Å². The quantitative estimate of drug-likeness (QED) is 0.291. The molecule has 0 saturated carbocycles. The third-order valence-electron chi connectivity index (χ3n) is 4.25. The predicted octanol–water partition coefficient (Wildman–Crippen LogP) is 2.07. The Morgan fingerprint density at radius 2 is 1.86 bits per heavy atom. The molecule has 0 spiro atoms. The van der Waals surface area contributed by atoms with Crippen molar-refractivity contribution in [3.63, 3.8) is 0 Å². The van der Waals surface area contributed by atoms with Crippen molar-refractivity contribution >= 4 is 29.9 Å². The molecule has 0 aromatic heterocycles. The summed E-state index contributed by atoms with van der Waals surface area (Å²) in [6.45, 7) is 5.83. The average Bonchev–Trinajstić information content (AvgIpc) is 2.47. The highest BCUT2D eigenvalue weighted by Crippen LogP contribution is 2.24. The van der Waals surface area contributed by atoms with Crippen LogP contribution in [-0.2, 0) is 4.74 Å². The lowest BCUT2D eigenvalue weighted by Crippen LogP contribution is -2.57. The van der Waals surface area contributed by atoms with Crippen LogP contribution in [-0.4, -0.2) is 63.8 Å². The average molecular weight is 412 g/mol. The Kier molecular flexibility index (Phi) is 11.4. The number of halogens is 1. The van der Waals surface area contributed by atoms with Gasteiger partial charge in [-0.15, -0.1) is 24.0 Å². The molecule has 1 aliphatic rings. The summed E-state index contributed by atoms with van der Waals surface area (Å²) in [5, 5.41) is 6.87. The molecule has 5 nitrogen and oxygen atoms in total. The molecule has 0 bridgehead atoms. The third kappa shape index (κ3) is 7.15. The normalized spacial score (nSPS) is 18.2. The maximum atomic E-state index is 5.50. The van der Waals surface area contributed by atoms with Gasteiger partial charge in [0.25, 0.3) is 0 Å². The van der Waals surface area contributed by atoms with Gasteiger partial charge in [0, 0.05) is 38.9 Å². The fraction of sp³-hybridized carbons (Fsp3) is 0.933. The number of rotatable bonds is 7. The molecule has 1 heterocycles. The Morgan fingerprint density at radius 1 is 1.19 bits per heavy atom. The molecule has 0 unspecified atom stereocenters. The number of likely N-dealkylation sites (N-methyl/N-ethyl adjacent to an activating group) is 1. The first-order valence-corrected chi connectivity index (χ1v) is 7.84. The van der Waals surface area contributed by atoms with Gasteiger partial charge in [-0.1, -0.05) is 19.8 Å². The minimum atomic E-state index is 0. The summed E-state index contributed by atoms with van der Waals surface area (Å²) >= 11 is 0. The van der Waals surface area contributed by atoms with Crippen LogP contribution in [0.2, 0.25) is 0 Å². The van der Waals surface area contributed by atoms with Crippen LogP contribution in [0.25, 0.3) is 0 Å². The minimum absolute atomic E-state index is 0. The highest BCUT2D eigenvalue weighted by molar-refractivity contribution is 14.0. The Balaban J connectivity index is 0.00000400. The lowest BCUT2D eigenvalue weighted by atomic mass is 9.88. The highest BCUT2D eigenvalue weighted by Gasteiger charge is 2.34. The summed E-state index contributed by atoms with van der Waals surface area (Å²) < 4.78 is 5.50. The number of nitrogens with zero attached hydrogens (tertiary/aromatic N) is 2. The van der Waals surface area contributed by atoms with E-state index in [1.165, 1.54) is 19.3 Å². The summed E-state index contributed by atoms with van der Waals surface area (Å²) in [6, 6.07) is 0. The molecular formula is C15H33IN4O. The number of nitrogens with one attached hydrogen (secondary N) is 2. The van der Waals surface area contributed by atoms with Gasteiger partial charge in [0.05, 0.1) is 0 Å². The zero-order valence-electron chi connectivity index (χ0n) is 14.1. The van der Waals surface area contributed by atoms with Crippen molar-refractivity contribution in [1.82, 2.24) is 15.5 Å². The Hall–Kier alpha value is -0.0800. The van der Waals surface area contributed by atoms with Crippen LogP contribution in [0.5, 0.6) is 0 Å². The molecular weight excluding hydrogens is 379 g/mol. The molecule has 1 aliphatic heterocycles. The lowest BCUT2D eigenvalue weighted by Gasteiger charge is -2.43. The van der Waals surface area contributed by atoms with Crippen molar-refractivity contribution < 1.29 is 4.74 Å². The van der Waals surface area contributed by atoms with E-state index in [9.17, 15) is 0 Å². The Morgan fingerprint density at radius 3 is 2.38 bits per heavy atom. The van der Waals surface area contributed by atoms with Gasteiger partial charge in [-0.05, 0) is 33.4 Å². The standard InChI is InChI=1S/C15H32N4O.HI/c1-5-6-7-10-17-14(16-2)18-13-15(19(3)4)8-11-20-12-9-15;/h5-13H2,1-4H3,(H2,16,17,18);1H.